The first-order valence-corrected chi connectivity index (χ1v) is 4.59. The van der Waals surface area contributed by atoms with Gasteiger partial charge in [-0.2, -0.15) is 0 Å². The summed E-state index contributed by atoms with van der Waals surface area (Å²) in [5, 5.41) is 0. The Morgan fingerprint density at radius 1 is 1.50 bits per heavy atom. The highest BCUT2D eigenvalue weighted by molar-refractivity contribution is 5.84. The minimum absolute atomic E-state index is 0.763. The van der Waals surface area contributed by atoms with Gasteiger partial charge in [0.15, 0.2) is 0 Å². The molecule has 0 aromatic carbocycles. The zero-order valence-electron chi connectivity index (χ0n) is 8.21. The van der Waals surface area contributed by atoms with Crippen molar-refractivity contribution in [3.05, 3.63) is 24.8 Å². The zero-order valence-corrected chi connectivity index (χ0v) is 8.21. The van der Waals surface area contributed by atoms with Gasteiger partial charge in [0.1, 0.15) is 0 Å². The highest BCUT2D eigenvalue weighted by atomic mass is 14.7. The molecule has 0 saturated heterocycles. The number of nitrogens with zero attached hydrogens (tertiary/aromatic N) is 1. The van der Waals surface area contributed by atoms with E-state index in [0.29, 0.717) is 0 Å². The van der Waals surface area contributed by atoms with Crippen LogP contribution in [0.15, 0.2) is 29.8 Å². The van der Waals surface area contributed by atoms with Gasteiger partial charge in [-0.25, -0.2) is 0 Å². The first-order valence-electron chi connectivity index (χ1n) is 4.59. The summed E-state index contributed by atoms with van der Waals surface area (Å²) in [7, 11) is 0. The Bertz CT molecular complexity index is 166. The molecule has 0 radical (unpaired) electrons. The normalized spacial score (nSPS) is 12.3. The van der Waals surface area contributed by atoms with Crippen LogP contribution in [0.1, 0.15) is 33.1 Å². The third-order valence-electron chi connectivity index (χ3n) is 1.69. The Balaban J connectivity index is 3.73. The van der Waals surface area contributed by atoms with Crippen LogP contribution in [0.5, 0.6) is 0 Å². The maximum absolute atomic E-state index is 4.40. The third-order valence-corrected chi connectivity index (χ3v) is 1.69. The van der Waals surface area contributed by atoms with Crippen molar-refractivity contribution in [1.82, 2.24) is 0 Å². The molecule has 12 heavy (non-hydrogen) atoms. The van der Waals surface area contributed by atoms with Crippen molar-refractivity contribution in [3.63, 3.8) is 0 Å². The van der Waals surface area contributed by atoms with E-state index >= 15 is 0 Å². The molecule has 1 nitrogen and oxygen atoms in total. The van der Waals surface area contributed by atoms with E-state index in [2.05, 4.69) is 30.6 Å². The van der Waals surface area contributed by atoms with Crippen LogP contribution in [-0.2, 0) is 0 Å². The van der Waals surface area contributed by atoms with E-state index in [1.807, 2.05) is 13.0 Å². The second-order valence-corrected chi connectivity index (χ2v) is 2.66. The summed E-state index contributed by atoms with van der Waals surface area (Å²) in [6.45, 7) is 8.60. The molecule has 0 atom stereocenters. The molecule has 1 heteroatoms. The lowest BCUT2D eigenvalue weighted by Gasteiger charge is -1.99. The summed E-state index contributed by atoms with van der Waals surface area (Å²) < 4.78 is 0. The van der Waals surface area contributed by atoms with Gasteiger partial charge < -0.3 is 0 Å². The van der Waals surface area contributed by atoms with Gasteiger partial charge >= 0.3 is 0 Å². The lowest BCUT2D eigenvalue weighted by Crippen LogP contribution is -1.96. The Hall–Kier alpha value is -0.850. The van der Waals surface area contributed by atoms with Gasteiger partial charge in [0.2, 0.25) is 0 Å². The summed E-state index contributed by atoms with van der Waals surface area (Å²) in [5.41, 5.74) is 1.30. The van der Waals surface area contributed by atoms with Crippen molar-refractivity contribution in [2.45, 2.75) is 33.1 Å². The number of rotatable bonds is 6. The molecule has 0 aliphatic rings. The average Bonchev–Trinajstić information content (AvgIpc) is 2.11. The highest BCUT2D eigenvalue weighted by Crippen LogP contribution is 1.99. The predicted octanol–water partition coefficient (Wildman–Crippen LogP) is 3.38. The quantitative estimate of drug-likeness (QED) is 0.422. The molecule has 0 amide bonds. The SMILES string of the molecule is C=CC/N=C(/CC)CC/C=C\C. The summed E-state index contributed by atoms with van der Waals surface area (Å²) in [6.07, 6.45) is 9.37. The fourth-order valence-electron chi connectivity index (χ4n) is 0.978. The van der Waals surface area contributed by atoms with Crippen molar-refractivity contribution in [1.29, 1.82) is 0 Å². The van der Waals surface area contributed by atoms with E-state index in [1.54, 1.807) is 0 Å². The van der Waals surface area contributed by atoms with E-state index in [-0.39, 0.29) is 0 Å². The summed E-state index contributed by atoms with van der Waals surface area (Å²) in [4.78, 5) is 4.40. The van der Waals surface area contributed by atoms with Crippen LogP contribution in [0.25, 0.3) is 0 Å². The number of hydrogen-bond donors (Lipinski definition) is 0. The number of hydrogen-bond acceptors (Lipinski definition) is 1. The second kappa shape index (κ2) is 8.25. The smallest absolute Gasteiger partial charge is 0.0567 e. The first kappa shape index (κ1) is 11.2. The van der Waals surface area contributed by atoms with Gasteiger partial charge in [0.25, 0.3) is 0 Å². The van der Waals surface area contributed by atoms with Crippen molar-refractivity contribution in [3.8, 4) is 0 Å². The van der Waals surface area contributed by atoms with Crippen LogP contribution in [0.3, 0.4) is 0 Å². The van der Waals surface area contributed by atoms with Crippen molar-refractivity contribution < 1.29 is 0 Å². The fraction of sp³-hybridized carbons (Fsp3) is 0.545. The molecule has 0 aromatic rings. The monoisotopic (exact) mass is 165 g/mol. The molecule has 0 heterocycles. The summed E-state index contributed by atoms with van der Waals surface area (Å²) in [5.74, 6) is 0. The Labute approximate surface area is 75.9 Å². The van der Waals surface area contributed by atoms with Crippen molar-refractivity contribution >= 4 is 5.71 Å². The van der Waals surface area contributed by atoms with E-state index < -0.39 is 0 Å². The zero-order chi connectivity index (χ0) is 9.23. The van der Waals surface area contributed by atoms with Gasteiger partial charge in [-0.3, -0.25) is 4.99 Å². The predicted molar refractivity (Wildman–Crippen MR) is 56.8 cm³/mol. The molecule has 0 aliphatic heterocycles. The molecule has 0 rings (SSSR count). The van der Waals surface area contributed by atoms with Gasteiger partial charge in [0.05, 0.1) is 6.54 Å². The molecule has 0 bridgehead atoms. The number of allylic oxidation sites excluding steroid dienone is 2. The van der Waals surface area contributed by atoms with Gasteiger partial charge in [-0.15, -0.1) is 6.58 Å². The Morgan fingerprint density at radius 3 is 2.75 bits per heavy atom. The lowest BCUT2D eigenvalue weighted by molar-refractivity contribution is 1.02. The largest absolute Gasteiger partial charge is 0.290 e. The molecule has 0 fully saturated rings. The molecular weight excluding hydrogens is 146 g/mol. The van der Waals surface area contributed by atoms with E-state index in [1.165, 1.54) is 5.71 Å². The molecule has 0 aliphatic carbocycles. The van der Waals surface area contributed by atoms with Gasteiger partial charge in [0, 0.05) is 5.71 Å². The lowest BCUT2D eigenvalue weighted by atomic mass is 10.1. The summed E-state index contributed by atoms with van der Waals surface area (Å²) >= 11 is 0. The van der Waals surface area contributed by atoms with Gasteiger partial charge in [-0.1, -0.05) is 25.2 Å². The maximum atomic E-state index is 4.40. The molecule has 0 saturated carbocycles. The van der Waals surface area contributed by atoms with E-state index in [4.69, 9.17) is 0 Å². The van der Waals surface area contributed by atoms with Crippen molar-refractivity contribution in [2.24, 2.45) is 4.99 Å². The maximum Gasteiger partial charge on any atom is 0.0567 e. The summed E-state index contributed by atoms with van der Waals surface area (Å²) in [6, 6.07) is 0. The second-order valence-electron chi connectivity index (χ2n) is 2.66. The molecule has 68 valence electrons. The van der Waals surface area contributed by atoms with Crippen molar-refractivity contribution in [2.75, 3.05) is 6.54 Å². The van der Waals surface area contributed by atoms with Crippen LogP contribution >= 0.6 is 0 Å². The molecular formula is C11H19N. The van der Waals surface area contributed by atoms with Crippen LogP contribution in [0, 0.1) is 0 Å². The van der Waals surface area contributed by atoms with Crippen LogP contribution in [-0.4, -0.2) is 12.3 Å². The highest BCUT2D eigenvalue weighted by Gasteiger charge is 1.92. The van der Waals surface area contributed by atoms with Gasteiger partial charge in [-0.05, 0) is 26.2 Å². The third kappa shape index (κ3) is 5.90. The minimum atomic E-state index is 0.763. The minimum Gasteiger partial charge on any atom is -0.290 e. The Morgan fingerprint density at radius 2 is 2.25 bits per heavy atom. The van der Waals surface area contributed by atoms with E-state index in [0.717, 1.165) is 25.8 Å². The molecule has 0 unspecified atom stereocenters. The number of aliphatic imine (C=N–C) groups is 1. The van der Waals surface area contributed by atoms with Crippen LogP contribution < -0.4 is 0 Å². The first-order chi connectivity index (χ1) is 5.85. The molecule has 0 N–H and O–H groups in total. The Kier molecular flexibility index (Phi) is 7.66. The molecule has 0 spiro atoms. The average molecular weight is 165 g/mol. The topological polar surface area (TPSA) is 12.4 Å². The van der Waals surface area contributed by atoms with Crippen LogP contribution in [0.2, 0.25) is 0 Å². The fourth-order valence-corrected chi connectivity index (χ4v) is 0.978. The van der Waals surface area contributed by atoms with E-state index in [9.17, 15) is 0 Å². The standard InChI is InChI=1S/C11H19N/c1-4-7-8-9-11(6-3)12-10-5-2/h4-5,7H,2,6,8-10H2,1,3H3/b7-4-,12-11-. The van der Waals surface area contributed by atoms with Crippen LogP contribution in [0.4, 0.5) is 0 Å². The molecule has 0 aromatic heterocycles.